The topological polar surface area (TPSA) is 59.8 Å². The minimum atomic E-state index is -0.132. The van der Waals surface area contributed by atoms with Gasteiger partial charge in [0.2, 0.25) is 11.3 Å². The molecule has 0 amide bonds. The van der Waals surface area contributed by atoms with Crippen LogP contribution in [0.5, 0.6) is 5.75 Å². The lowest BCUT2D eigenvalue weighted by atomic mass is 10.0. The molecule has 27 heavy (non-hydrogen) atoms. The van der Waals surface area contributed by atoms with Crippen molar-refractivity contribution in [2.45, 2.75) is 13.8 Å². The molecule has 2 aromatic carbocycles. The highest BCUT2D eigenvalue weighted by Gasteiger charge is 2.27. The standard InChI is InChI=1S/C22H19NO4/c1-13-4-9-20-18(10-13)21(25)19-11-15(14(2)24)12-23(22(19)27-20)16-5-7-17(26-3)8-6-16/h4-11H,12H2,1-3H3. The first-order chi connectivity index (χ1) is 13.0. The summed E-state index contributed by atoms with van der Waals surface area (Å²) in [5, 5.41) is 0.518. The van der Waals surface area contributed by atoms with Crippen molar-refractivity contribution in [1.29, 1.82) is 0 Å². The molecule has 0 spiro atoms. The van der Waals surface area contributed by atoms with Crippen LogP contribution in [0.2, 0.25) is 0 Å². The van der Waals surface area contributed by atoms with Crippen LogP contribution in [0.25, 0.3) is 17.0 Å². The Morgan fingerprint density at radius 1 is 1.15 bits per heavy atom. The number of hydrogen-bond donors (Lipinski definition) is 0. The highest BCUT2D eigenvalue weighted by Crippen LogP contribution is 2.36. The van der Waals surface area contributed by atoms with Crippen molar-refractivity contribution in [3.8, 4) is 5.75 Å². The van der Waals surface area contributed by atoms with E-state index in [2.05, 4.69) is 0 Å². The van der Waals surface area contributed by atoms with E-state index in [1.165, 1.54) is 6.92 Å². The number of carbonyl (C=O) groups excluding carboxylic acids is 1. The van der Waals surface area contributed by atoms with Gasteiger partial charge in [-0.15, -0.1) is 0 Å². The zero-order valence-electron chi connectivity index (χ0n) is 15.4. The lowest BCUT2D eigenvalue weighted by molar-refractivity contribution is -0.113. The first kappa shape index (κ1) is 17.1. The Labute approximate surface area is 156 Å². The van der Waals surface area contributed by atoms with Crippen molar-refractivity contribution >= 4 is 34.4 Å². The van der Waals surface area contributed by atoms with Gasteiger partial charge in [-0.1, -0.05) is 11.6 Å². The quantitative estimate of drug-likeness (QED) is 0.698. The lowest BCUT2D eigenvalue weighted by Gasteiger charge is -2.29. The maximum atomic E-state index is 13.1. The van der Waals surface area contributed by atoms with Crippen molar-refractivity contribution in [2.75, 3.05) is 18.6 Å². The summed E-state index contributed by atoms with van der Waals surface area (Å²) in [5.74, 6) is 1.11. The highest BCUT2D eigenvalue weighted by atomic mass is 16.5. The molecule has 4 rings (SSSR count). The molecule has 5 heteroatoms. The Bertz CT molecular complexity index is 1140. The summed E-state index contributed by atoms with van der Waals surface area (Å²) < 4.78 is 11.3. The van der Waals surface area contributed by atoms with E-state index >= 15 is 0 Å². The van der Waals surface area contributed by atoms with Crippen LogP contribution in [0.4, 0.5) is 11.6 Å². The number of hydrogen-bond acceptors (Lipinski definition) is 5. The number of benzene rings is 2. The van der Waals surface area contributed by atoms with Gasteiger partial charge >= 0.3 is 0 Å². The van der Waals surface area contributed by atoms with Crippen LogP contribution in [0, 0.1) is 6.92 Å². The molecule has 0 aliphatic carbocycles. The number of carbonyl (C=O) groups is 1. The van der Waals surface area contributed by atoms with E-state index in [4.69, 9.17) is 9.15 Å². The SMILES string of the molecule is COc1ccc(N2CC(C(C)=O)=Cc3c2oc2ccc(C)cc2c3=O)cc1. The van der Waals surface area contributed by atoms with Crippen LogP contribution in [-0.2, 0) is 4.79 Å². The van der Waals surface area contributed by atoms with Gasteiger partial charge in [0.25, 0.3) is 0 Å². The number of ether oxygens (including phenoxy) is 1. The first-order valence-electron chi connectivity index (χ1n) is 8.68. The first-order valence-corrected chi connectivity index (χ1v) is 8.68. The highest BCUT2D eigenvalue weighted by molar-refractivity contribution is 6.02. The molecule has 1 aliphatic heterocycles. The molecule has 0 fully saturated rings. The van der Waals surface area contributed by atoms with E-state index in [1.807, 2.05) is 54.3 Å². The number of nitrogens with zero attached hydrogens (tertiary/aromatic N) is 1. The van der Waals surface area contributed by atoms with Gasteiger partial charge in [-0.25, -0.2) is 0 Å². The van der Waals surface area contributed by atoms with Gasteiger partial charge in [0.05, 0.1) is 24.6 Å². The summed E-state index contributed by atoms with van der Waals surface area (Å²) in [6.45, 7) is 3.78. The molecule has 0 bridgehead atoms. The van der Waals surface area contributed by atoms with Crippen molar-refractivity contribution in [3.05, 3.63) is 69.4 Å². The summed E-state index contributed by atoms with van der Waals surface area (Å²) >= 11 is 0. The van der Waals surface area contributed by atoms with Crippen LogP contribution in [-0.4, -0.2) is 19.4 Å². The number of Topliss-reactive ketones (excluding diaryl/α,β-unsaturated/α-hetero) is 1. The summed E-state index contributed by atoms with van der Waals surface area (Å²) in [6, 6.07) is 13.0. The van der Waals surface area contributed by atoms with E-state index < -0.39 is 0 Å². The van der Waals surface area contributed by atoms with E-state index in [0.717, 1.165) is 17.0 Å². The van der Waals surface area contributed by atoms with Crippen LogP contribution in [0.1, 0.15) is 18.1 Å². The predicted octanol–water partition coefficient (Wildman–Crippen LogP) is 4.23. The Morgan fingerprint density at radius 3 is 2.56 bits per heavy atom. The Hall–Kier alpha value is -3.34. The largest absolute Gasteiger partial charge is 0.497 e. The fourth-order valence-electron chi connectivity index (χ4n) is 3.29. The summed E-state index contributed by atoms with van der Waals surface area (Å²) in [6.07, 6.45) is 1.66. The molecule has 0 saturated carbocycles. The molecule has 0 N–H and O–H groups in total. The van der Waals surface area contributed by atoms with Crippen molar-refractivity contribution < 1.29 is 13.9 Å². The third kappa shape index (κ3) is 2.91. The molecule has 0 unspecified atom stereocenters. The van der Waals surface area contributed by atoms with Gasteiger partial charge in [-0.2, -0.15) is 0 Å². The number of fused-ring (bicyclic) bond motifs is 2. The summed E-state index contributed by atoms with van der Waals surface area (Å²) in [7, 11) is 1.61. The normalized spacial score (nSPS) is 13.3. The summed E-state index contributed by atoms with van der Waals surface area (Å²) in [4.78, 5) is 27.0. The number of methoxy groups -OCH3 is 1. The second-order valence-corrected chi connectivity index (χ2v) is 6.66. The Balaban J connectivity index is 1.97. The van der Waals surface area contributed by atoms with Gasteiger partial charge in [-0.3, -0.25) is 9.59 Å². The van der Waals surface area contributed by atoms with Crippen molar-refractivity contribution in [3.63, 3.8) is 0 Å². The lowest BCUT2D eigenvalue weighted by Crippen LogP contribution is -2.29. The minimum absolute atomic E-state index is 0.0668. The van der Waals surface area contributed by atoms with Crippen LogP contribution >= 0.6 is 0 Å². The molecule has 1 aliphatic rings. The maximum Gasteiger partial charge on any atom is 0.212 e. The fraction of sp³-hybridized carbons (Fsp3) is 0.182. The molecule has 0 atom stereocenters. The third-order valence-corrected chi connectivity index (χ3v) is 4.79. The zero-order chi connectivity index (χ0) is 19.1. The third-order valence-electron chi connectivity index (χ3n) is 4.79. The van der Waals surface area contributed by atoms with Crippen LogP contribution in [0.3, 0.4) is 0 Å². The second-order valence-electron chi connectivity index (χ2n) is 6.66. The minimum Gasteiger partial charge on any atom is -0.497 e. The molecular formula is C22H19NO4. The number of aryl methyl sites for hydroxylation is 1. The molecular weight excluding hydrogens is 342 g/mol. The van der Waals surface area contributed by atoms with Gasteiger partial charge in [0.15, 0.2) is 5.78 Å². The van der Waals surface area contributed by atoms with E-state index in [0.29, 0.717) is 34.5 Å². The molecule has 136 valence electrons. The molecule has 1 aromatic heterocycles. The average Bonchev–Trinajstić information content (AvgIpc) is 2.68. The van der Waals surface area contributed by atoms with E-state index in [1.54, 1.807) is 13.2 Å². The second kappa shape index (κ2) is 6.43. The van der Waals surface area contributed by atoms with Crippen molar-refractivity contribution in [2.24, 2.45) is 0 Å². The van der Waals surface area contributed by atoms with Gasteiger partial charge in [-0.05, 0) is 56.3 Å². The smallest absolute Gasteiger partial charge is 0.212 e. The predicted molar refractivity (Wildman–Crippen MR) is 106 cm³/mol. The number of anilines is 2. The molecule has 2 heterocycles. The average molecular weight is 361 g/mol. The molecule has 0 radical (unpaired) electrons. The monoisotopic (exact) mass is 361 g/mol. The Kier molecular flexibility index (Phi) is 4.07. The zero-order valence-corrected chi connectivity index (χ0v) is 15.4. The Morgan fingerprint density at radius 2 is 1.89 bits per heavy atom. The van der Waals surface area contributed by atoms with Gasteiger partial charge in [0, 0.05) is 11.3 Å². The van der Waals surface area contributed by atoms with E-state index in [9.17, 15) is 9.59 Å². The summed E-state index contributed by atoms with van der Waals surface area (Å²) in [5.41, 5.74) is 3.17. The van der Waals surface area contributed by atoms with Gasteiger partial charge in [0.1, 0.15) is 11.3 Å². The van der Waals surface area contributed by atoms with E-state index in [-0.39, 0.29) is 11.2 Å². The number of rotatable bonds is 3. The fourth-order valence-corrected chi connectivity index (χ4v) is 3.29. The number of ketones is 1. The molecule has 3 aromatic rings. The van der Waals surface area contributed by atoms with Crippen LogP contribution in [0.15, 0.2) is 57.2 Å². The maximum absolute atomic E-state index is 13.1. The molecule has 0 saturated heterocycles. The molecule has 5 nitrogen and oxygen atoms in total. The van der Waals surface area contributed by atoms with Gasteiger partial charge < -0.3 is 14.1 Å². The van der Waals surface area contributed by atoms with Crippen LogP contribution < -0.4 is 15.1 Å². The van der Waals surface area contributed by atoms with Crippen molar-refractivity contribution in [1.82, 2.24) is 0 Å².